The van der Waals surface area contributed by atoms with Crippen molar-refractivity contribution in [1.29, 1.82) is 0 Å². The van der Waals surface area contributed by atoms with Gasteiger partial charge in [-0.3, -0.25) is 4.79 Å². The average molecular weight is 205 g/mol. The summed E-state index contributed by atoms with van der Waals surface area (Å²) in [6, 6.07) is 6.05. The minimum Gasteiger partial charge on any atom is -0.478 e. The molecule has 1 amide bonds. The second-order valence-electron chi connectivity index (χ2n) is 2.95. The molecule has 1 rings (SSSR count). The number of benzene rings is 1. The van der Waals surface area contributed by atoms with Crippen LogP contribution in [0, 0.1) is 0 Å². The summed E-state index contributed by atoms with van der Waals surface area (Å²) in [5, 5.41) is 8.67. The number of nitrogens with zero attached hydrogens (tertiary/aromatic N) is 1. The van der Waals surface area contributed by atoms with E-state index in [0.717, 1.165) is 0 Å². The van der Waals surface area contributed by atoms with Gasteiger partial charge in [0.05, 0.1) is 5.56 Å². The fourth-order valence-corrected chi connectivity index (χ4v) is 1.09. The number of rotatable bonds is 3. The van der Waals surface area contributed by atoms with Gasteiger partial charge in [0.1, 0.15) is 0 Å². The van der Waals surface area contributed by atoms with E-state index in [4.69, 9.17) is 5.11 Å². The molecule has 4 nitrogen and oxygen atoms in total. The summed E-state index contributed by atoms with van der Waals surface area (Å²) in [7, 11) is 1.60. The smallest absolute Gasteiger partial charge is 0.335 e. The van der Waals surface area contributed by atoms with Gasteiger partial charge in [-0.05, 0) is 30.3 Å². The summed E-state index contributed by atoms with van der Waals surface area (Å²) >= 11 is 0. The van der Waals surface area contributed by atoms with E-state index in [2.05, 4.69) is 6.58 Å². The fourth-order valence-electron chi connectivity index (χ4n) is 1.09. The molecule has 0 unspecified atom stereocenters. The Bertz CT molecular complexity index is 395. The van der Waals surface area contributed by atoms with E-state index >= 15 is 0 Å². The maximum Gasteiger partial charge on any atom is 0.335 e. The Morgan fingerprint density at radius 3 is 2.27 bits per heavy atom. The van der Waals surface area contributed by atoms with Gasteiger partial charge in [-0.25, -0.2) is 4.79 Å². The monoisotopic (exact) mass is 205 g/mol. The largest absolute Gasteiger partial charge is 0.478 e. The minimum absolute atomic E-state index is 0.193. The van der Waals surface area contributed by atoms with Gasteiger partial charge in [-0.1, -0.05) is 6.58 Å². The summed E-state index contributed by atoms with van der Waals surface area (Å²) in [5.41, 5.74) is 0.822. The maximum atomic E-state index is 11.2. The van der Waals surface area contributed by atoms with E-state index in [0.29, 0.717) is 5.69 Å². The molecule has 78 valence electrons. The number of carboxylic acid groups (broad SMARTS) is 1. The van der Waals surface area contributed by atoms with E-state index in [-0.39, 0.29) is 11.5 Å². The van der Waals surface area contributed by atoms with Gasteiger partial charge in [0.25, 0.3) is 0 Å². The first-order valence-electron chi connectivity index (χ1n) is 4.29. The molecule has 1 N–H and O–H groups in total. The van der Waals surface area contributed by atoms with E-state index in [9.17, 15) is 9.59 Å². The Balaban J connectivity index is 2.93. The number of amides is 1. The zero-order valence-electron chi connectivity index (χ0n) is 8.30. The molecule has 0 aliphatic heterocycles. The zero-order chi connectivity index (χ0) is 11.4. The Morgan fingerprint density at radius 1 is 1.33 bits per heavy atom. The molecule has 1 aromatic carbocycles. The molecule has 0 bridgehead atoms. The van der Waals surface area contributed by atoms with Crippen LogP contribution in [0.15, 0.2) is 36.9 Å². The molecule has 0 saturated heterocycles. The van der Waals surface area contributed by atoms with Crippen molar-refractivity contribution in [2.75, 3.05) is 11.9 Å². The first-order chi connectivity index (χ1) is 7.06. The summed E-state index contributed by atoms with van der Waals surface area (Å²) in [6.45, 7) is 3.37. The highest BCUT2D eigenvalue weighted by molar-refractivity contribution is 6.00. The van der Waals surface area contributed by atoms with Crippen molar-refractivity contribution < 1.29 is 14.7 Å². The second-order valence-corrected chi connectivity index (χ2v) is 2.95. The van der Waals surface area contributed by atoms with Crippen molar-refractivity contribution in [2.24, 2.45) is 0 Å². The van der Waals surface area contributed by atoms with Crippen molar-refractivity contribution in [3.8, 4) is 0 Å². The highest BCUT2D eigenvalue weighted by atomic mass is 16.4. The van der Waals surface area contributed by atoms with Crippen molar-refractivity contribution in [2.45, 2.75) is 0 Å². The molecule has 4 heteroatoms. The quantitative estimate of drug-likeness (QED) is 0.761. The predicted octanol–water partition coefficient (Wildman–Crippen LogP) is 1.53. The minimum atomic E-state index is -0.987. The van der Waals surface area contributed by atoms with Crippen LogP contribution < -0.4 is 4.90 Å². The number of carbonyl (C=O) groups is 2. The topological polar surface area (TPSA) is 57.6 Å². The first-order valence-corrected chi connectivity index (χ1v) is 4.29. The molecule has 0 spiro atoms. The van der Waals surface area contributed by atoms with Gasteiger partial charge >= 0.3 is 5.97 Å². The van der Waals surface area contributed by atoms with Crippen molar-refractivity contribution >= 4 is 17.6 Å². The van der Waals surface area contributed by atoms with Crippen LogP contribution in [-0.4, -0.2) is 24.0 Å². The predicted molar refractivity (Wildman–Crippen MR) is 57.0 cm³/mol. The second kappa shape index (κ2) is 4.41. The molecular weight excluding hydrogens is 194 g/mol. The third-order valence-corrected chi connectivity index (χ3v) is 2.01. The molecule has 0 heterocycles. The van der Waals surface area contributed by atoms with Gasteiger partial charge in [-0.2, -0.15) is 0 Å². The number of carbonyl (C=O) groups excluding carboxylic acids is 1. The van der Waals surface area contributed by atoms with Gasteiger partial charge in [0.15, 0.2) is 0 Å². The molecule has 0 saturated carbocycles. The maximum absolute atomic E-state index is 11.2. The lowest BCUT2D eigenvalue weighted by Gasteiger charge is -2.14. The number of carboxylic acids is 1. The van der Waals surface area contributed by atoms with E-state index in [1.54, 1.807) is 19.2 Å². The third-order valence-electron chi connectivity index (χ3n) is 2.01. The fraction of sp³-hybridized carbons (Fsp3) is 0.0909. The van der Waals surface area contributed by atoms with Crippen molar-refractivity contribution in [1.82, 2.24) is 0 Å². The first kappa shape index (κ1) is 11.0. The Morgan fingerprint density at radius 2 is 1.87 bits per heavy atom. The average Bonchev–Trinajstić information content (AvgIpc) is 2.27. The van der Waals surface area contributed by atoms with Crippen LogP contribution in [0.2, 0.25) is 0 Å². The number of aromatic carboxylic acids is 1. The van der Waals surface area contributed by atoms with Crippen LogP contribution >= 0.6 is 0 Å². The molecule has 15 heavy (non-hydrogen) atoms. The van der Waals surface area contributed by atoms with Crippen LogP contribution in [0.3, 0.4) is 0 Å². The van der Waals surface area contributed by atoms with E-state index in [1.165, 1.54) is 23.1 Å². The van der Waals surface area contributed by atoms with Crippen molar-refractivity contribution in [3.05, 3.63) is 42.5 Å². The molecule has 0 radical (unpaired) electrons. The molecule has 1 aromatic rings. The van der Waals surface area contributed by atoms with Gasteiger partial charge in [-0.15, -0.1) is 0 Å². The number of likely N-dealkylation sites (N-methyl/N-ethyl adjacent to an activating group) is 1. The molecule has 0 aliphatic carbocycles. The normalized spacial score (nSPS) is 9.40. The van der Waals surface area contributed by atoms with Crippen LogP contribution in [0.4, 0.5) is 5.69 Å². The number of anilines is 1. The molecule has 0 aromatic heterocycles. The summed E-state index contributed by atoms with van der Waals surface area (Å²) in [4.78, 5) is 23.2. The SMILES string of the molecule is C=CC(=O)N(C)c1ccc(C(=O)O)cc1. The third kappa shape index (κ3) is 2.43. The van der Waals surface area contributed by atoms with Crippen LogP contribution in [0.1, 0.15) is 10.4 Å². The van der Waals surface area contributed by atoms with E-state index < -0.39 is 5.97 Å². The van der Waals surface area contributed by atoms with Crippen LogP contribution in [-0.2, 0) is 4.79 Å². The van der Waals surface area contributed by atoms with Gasteiger partial charge in [0.2, 0.25) is 5.91 Å². The van der Waals surface area contributed by atoms with Crippen molar-refractivity contribution in [3.63, 3.8) is 0 Å². The molecule has 0 atom stereocenters. The van der Waals surface area contributed by atoms with E-state index in [1.807, 2.05) is 0 Å². The zero-order valence-corrected chi connectivity index (χ0v) is 8.30. The standard InChI is InChI=1S/C11H11NO3/c1-3-10(13)12(2)9-6-4-8(5-7-9)11(14)15/h3-7H,1H2,2H3,(H,14,15). The molecule has 0 aliphatic rings. The van der Waals surface area contributed by atoms with Gasteiger partial charge < -0.3 is 10.0 Å². The van der Waals surface area contributed by atoms with Crippen LogP contribution in [0.5, 0.6) is 0 Å². The molecular formula is C11H11NO3. The number of hydrogen-bond acceptors (Lipinski definition) is 2. The Hall–Kier alpha value is -2.10. The van der Waals surface area contributed by atoms with Crippen LogP contribution in [0.25, 0.3) is 0 Å². The lowest BCUT2D eigenvalue weighted by molar-refractivity contribution is -0.113. The Labute approximate surface area is 87.4 Å². The highest BCUT2D eigenvalue weighted by Crippen LogP contribution is 2.14. The Kier molecular flexibility index (Phi) is 3.23. The number of hydrogen-bond donors (Lipinski definition) is 1. The lowest BCUT2D eigenvalue weighted by Crippen LogP contribution is -2.23. The summed E-state index contributed by atoms with van der Waals surface area (Å²) in [6.07, 6.45) is 1.20. The summed E-state index contributed by atoms with van der Waals surface area (Å²) in [5.74, 6) is -1.22. The highest BCUT2D eigenvalue weighted by Gasteiger charge is 2.08. The summed E-state index contributed by atoms with van der Waals surface area (Å²) < 4.78 is 0. The van der Waals surface area contributed by atoms with Gasteiger partial charge in [0, 0.05) is 12.7 Å². The lowest BCUT2D eigenvalue weighted by atomic mass is 10.2. The molecule has 0 fully saturated rings.